The molecule has 0 unspecified atom stereocenters. The Morgan fingerprint density at radius 2 is 2.31 bits per heavy atom. The van der Waals surface area contributed by atoms with Crippen LogP contribution < -0.4 is 4.74 Å². The maximum absolute atomic E-state index is 8.87. The molecule has 0 bridgehead atoms. The highest BCUT2D eigenvalue weighted by Gasteiger charge is 1.94. The molecule has 0 amide bonds. The average molecular weight is 198 g/mol. The van der Waals surface area contributed by atoms with E-state index in [1.54, 1.807) is 11.8 Å². The molecule has 0 aliphatic rings. The number of hydrogen-bond acceptors (Lipinski definition) is 3. The van der Waals surface area contributed by atoms with Crippen molar-refractivity contribution in [2.24, 2.45) is 0 Å². The second-order valence-corrected chi connectivity index (χ2v) is 3.63. The van der Waals surface area contributed by atoms with Gasteiger partial charge in [-0.15, -0.1) is 0 Å². The van der Waals surface area contributed by atoms with Gasteiger partial charge in [0, 0.05) is 5.75 Å². The van der Waals surface area contributed by atoms with E-state index >= 15 is 0 Å². The van der Waals surface area contributed by atoms with Crippen molar-refractivity contribution in [2.45, 2.75) is 6.61 Å². The van der Waals surface area contributed by atoms with Crippen LogP contribution in [0, 0.1) is 0 Å². The Hall–Kier alpha value is -0.670. The van der Waals surface area contributed by atoms with Crippen LogP contribution in [0.2, 0.25) is 0 Å². The summed E-state index contributed by atoms with van der Waals surface area (Å²) >= 11 is 1.76. The van der Waals surface area contributed by atoms with Gasteiger partial charge in [-0.2, -0.15) is 11.8 Å². The van der Waals surface area contributed by atoms with Crippen LogP contribution in [0.15, 0.2) is 24.3 Å². The summed E-state index contributed by atoms with van der Waals surface area (Å²) in [5, 5.41) is 8.87. The lowest BCUT2D eigenvalue weighted by atomic mass is 10.2. The Morgan fingerprint density at radius 3 is 3.00 bits per heavy atom. The molecule has 0 saturated heterocycles. The van der Waals surface area contributed by atoms with Crippen LogP contribution >= 0.6 is 11.8 Å². The predicted molar refractivity (Wildman–Crippen MR) is 56.2 cm³/mol. The third-order valence-corrected chi connectivity index (χ3v) is 2.21. The third kappa shape index (κ3) is 3.70. The molecule has 1 aromatic rings. The number of aliphatic hydroxyl groups is 1. The van der Waals surface area contributed by atoms with Crippen molar-refractivity contribution < 1.29 is 9.84 Å². The summed E-state index contributed by atoms with van der Waals surface area (Å²) in [4.78, 5) is 0. The summed E-state index contributed by atoms with van der Waals surface area (Å²) in [5.41, 5.74) is 0.890. The van der Waals surface area contributed by atoms with Crippen LogP contribution in [0.4, 0.5) is 0 Å². The fourth-order valence-electron chi connectivity index (χ4n) is 0.976. The molecular weight excluding hydrogens is 184 g/mol. The minimum Gasteiger partial charge on any atom is -0.493 e. The zero-order valence-corrected chi connectivity index (χ0v) is 8.51. The van der Waals surface area contributed by atoms with E-state index in [-0.39, 0.29) is 6.61 Å². The Morgan fingerprint density at radius 1 is 1.46 bits per heavy atom. The summed E-state index contributed by atoms with van der Waals surface area (Å²) < 4.78 is 5.46. The summed E-state index contributed by atoms with van der Waals surface area (Å²) in [7, 11) is 0. The quantitative estimate of drug-likeness (QED) is 0.733. The summed E-state index contributed by atoms with van der Waals surface area (Å²) in [6.45, 7) is 0.787. The topological polar surface area (TPSA) is 29.5 Å². The second-order valence-electron chi connectivity index (χ2n) is 2.65. The lowest BCUT2D eigenvalue weighted by molar-refractivity contribution is 0.280. The highest BCUT2D eigenvalue weighted by atomic mass is 32.2. The molecule has 0 radical (unpaired) electrons. The van der Waals surface area contributed by atoms with Gasteiger partial charge >= 0.3 is 0 Å². The first-order valence-corrected chi connectivity index (χ1v) is 5.57. The Labute approximate surface area is 82.9 Å². The molecule has 72 valence electrons. The van der Waals surface area contributed by atoms with Gasteiger partial charge < -0.3 is 9.84 Å². The van der Waals surface area contributed by atoms with Crippen LogP contribution in [0.25, 0.3) is 0 Å². The molecule has 1 N–H and O–H groups in total. The Bertz CT molecular complexity index is 250. The van der Waals surface area contributed by atoms with Crippen LogP contribution in [0.3, 0.4) is 0 Å². The molecule has 0 saturated carbocycles. The van der Waals surface area contributed by atoms with E-state index in [2.05, 4.69) is 0 Å². The number of hydrogen-bond donors (Lipinski definition) is 1. The third-order valence-electron chi connectivity index (χ3n) is 1.64. The highest BCUT2D eigenvalue weighted by molar-refractivity contribution is 7.98. The molecule has 0 aromatic heterocycles. The zero-order valence-electron chi connectivity index (χ0n) is 7.69. The lowest BCUT2D eigenvalue weighted by Gasteiger charge is -2.05. The summed E-state index contributed by atoms with van der Waals surface area (Å²) in [6, 6.07) is 7.53. The van der Waals surface area contributed by atoms with E-state index in [1.807, 2.05) is 30.5 Å². The largest absolute Gasteiger partial charge is 0.493 e. The van der Waals surface area contributed by atoms with Gasteiger partial charge in [0.05, 0.1) is 13.2 Å². The van der Waals surface area contributed by atoms with Gasteiger partial charge in [0.25, 0.3) is 0 Å². The van der Waals surface area contributed by atoms with Gasteiger partial charge in [-0.1, -0.05) is 12.1 Å². The molecule has 0 atom stereocenters. The molecule has 0 fully saturated rings. The molecule has 0 aliphatic carbocycles. The van der Waals surface area contributed by atoms with Crippen molar-refractivity contribution >= 4 is 11.8 Å². The van der Waals surface area contributed by atoms with E-state index in [1.165, 1.54) is 0 Å². The SMILES string of the molecule is CSCCOc1cccc(CO)c1. The lowest BCUT2D eigenvalue weighted by Crippen LogP contribution is -1.99. The van der Waals surface area contributed by atoms with E-state index in [9.17, 15) is 0 Å². The molecule has 0 aliphatic heterocycles. The molecule has 0 heterocycles. The van der Waals surface area contributed by atoms with Crippen molar-refractivity contribution in [3.63, 3.8) is 0 Å². The molecule has 3 heteroatoms. The van der Waals surface area contributed by atoms with Crippen molar-refractivity contribution in [1.82, 2.24) is 0 Å². The Kier molecular flexibility index (Phi) is 4.72. The number of thioether (sulfide) groups is 1. The fourth-order valence-corrected chi connectivity index (χ4v) is 1.23. The van der Waals surface area contributed by atoms with E-state index in [4.69, 9.17) is 9.84 Å². The van der Waals surface area contributed by atoms with Gasteiger partial charge in [0.1, 0.15) is 5.75 Å². The van der Waals surface area contributed by atoms with Gasteiger partial charge in [-0.05, 0) is 24.0 Å². The molecule has 13 heavy (non-hydrogen) atoms. The zero-order chi connectivity index (χ0) is 9.52. The average Bonchev–Trinajstić information content (AvgIpc) is 2.19. The smallest absolute Gasteiger partial charge is 0.119 e. The Balaban J connectivity index is 2.46. The maximum Gasteiger partial charge on any atom is 0.119 e. The van der Waals surface area contributed by atoms with E-state index in [0.29, 0.717) is 0 Å². The first kappa shape index (κ1) is 10.4. The number of rotatable bonds is 5. The number of benzene rings is 1. The first-order valence-electron chi connectivity index (χ1n) is 4.18. The fraction of sp³-hybridized carbons (Fsp3) is 0.400. The van der Waals surface area contributed by atoms with Crippen molar-refractivity contribution in [1.29, 1.82) is 0 Å². The monoisotopic (exact) mass is 198 g/mol. The van der Waals surface area contributed by atoms with Crippen LogP contribution in [0.1, 0.15) is 5.56 Å². The van der Waals surface area contributed by atoms with Crippen molar-refractivity contribution in [2.75, 3.05) is 18.6 Å². The van der Waals surface area contributed by atoms with E-state index < -0.39 is 0 Å². The van der Waals surface area contributed by atoms with Gasteiger partial charge in [0.15, 0.2) is 0 Å². The second kappa shape index (κ2) is 5.89. The van der Waals surface area contributed by atoms with Crippen LogP contribution in [-0.4, -0.2) is 23.7 Å². The van der Waals surface area contributed by atoms with Crippen molar-refractivity contribution in [3.8, 4) is 5.75 Å². The highest BCUT2D eigenvalue weighted by Crippen LogP contribution is 2.13. The predicted octanol–water partition coefficient (Wildman–Crippen LogP) is 1.92. The summed E-state index contributed by atoms with van der Waals surface area (Å²) in [6.07, 6.45) is 2.05. The standard InChI is InChI=1S/C10H14O2S/c1-13-6-5-12-10-4-2-3-9(7-10)8-11/h2-4,7,11H,5-6,8H2,1H3. The minimum absolute atomic E-state index is 0.0692. The molecule has 1 aromatic carbocycles. The maximum atomic E-state index is 8.87. The first-order chi connectivity index (χ1) is 6.36. The van der Waals surface area contributed by atoms with Gasteiger partial charge in [0.2, 0.25) is 0 Å². The van der Waals surface area contributed by atoms with Crippen LogP contribution in [0.5, 0.6) is 5.75 Å². The normalized spacial score (nSPS) is 10.0. The van der Waals surface area contributed by atoms with Gasteiger partial charge in [-0.3, -0.25) is 0 Å². The van der Waals surface area contributed by atoms with Crippen LogP contribution in [-0.2, 0) is 6.61 Å². The number of ether oxygens (including phenoxy) is 1. The molecule has 1 rings (SSSR count). The van der Waals surface area contributed by atoms with Crippen molar-refractivity contribution in [3.05, 3.63) is 29.8 Å². The molecular formula is C10H14O2S. The minimum atomic E-state index is 0.0692. The molecule has 2 nitrogen and oxygen atoms in total. The summed E-state index contributed by atoms with van der Waals surface area (Å²) in [5.74, 6) is 1.82. The van der Waals surface area contributed by atoms with E-state index in [0.717, 1.165) is 23.7 Å². The molecule has 0 spiro atoms. The number of aliphatic hydroxyl groups excluding tert-OH is 1. The van der Waals surface area contributed by atoms with Gasteiger partial charge in [-0.25, -0.2) is 0 Å².